The van der Waals surface area contributed by atoms with Gasteiger partial charge in [-0.25, -0.2) is 13.6 Å². The average Bonchev–Trinajstić information content (AvgIpc) is 2.82. The lowest BCUT2D eigenvalue weighted by Gasteiger charge is -2.39. The summed E-state index contributed by atoms with van der Waals surface area (Å²) in [6.07, 6.45) is 2.13. The van der Waals surface area contributed by atoms with Gasteiger partial charge in [0.05, 0.1) is 12.7 Å². The topological polar surface area (TPSA) is 55.8 Å². The molecule has 2 aliphatic heterocycles. The summed E-state index contributed by atoms with van der Waals surface area (Å²) >= 11 is 0. The van der Waals surface area contributed by atoms with E-state index in [1.807, 2.05) is 20.8 Å². The van der Waals surface area contributed by atoms with Crippen LogP contribution in [0.2, 0.25) is 0 Å². The Morgan fingerprint density at radius 3 is 2.22 bits per heavy atom. The molecule has 1 aromatic rings. The van der Waals surface area contributed by atoms with Crippen LogP contribution in [0, 0.1) is 17.6 Å². The normalized spacial score (nSPS) is 24.7. The van der Waals surface area contributed by atoms with Crippen molar-refractivity contribution in [2.24, 2.45) is 5.92 Å². The van der Waals surface area contributed by atoms with Crippen LogP contribution in [0.15, 0.2) is 12.1 Å². The number of carbonyl (C=O) groups is 2. The van der Waals surface area contributed by atoms with Crippen LogP contribution in [-0.2, 0) is 4.74 Å². The molecule has 0 saturated carbocycles. The van der Waals surface area contributed by atoms with Gasteiger partial charge in [-0.05, 0) is 52.5 Å². The minimum atomic E-state index is -0.894. The van der Waals surface area contributed by atoms with Gasteiger partial charge in [-0.2, -0.15) is 0 Å². The summed E-state index contributed by atoms with van der Waals surface area (Å²) in [5, 5.41) is 0. The molecule has 0 aromatic heterocycles. The molecule has 2 aliphatic rings. The van der Waals surface area contributed by atoms with Crippen LogP contribution in [0.3, 0.4) is 0 Å². The molecule has 0 radical (unpaired) electrons. The maximum atomic E-state index is 13.9. The number of piperidine rings is 1. The second-order valence-electron chi connectivity index (χ2n) is 8.27. The zero-order valence-corrected chi connectivity index (χ0v) is 16.1. The number of hydrogen-bond acceptors (Lipinski definition) is 4. The summed E-state index contributed by atoms with van der Waals surface area (Å²) in [5.74, 6) is -2.69. The zero-order chi connectivity index (χ0) is 19.9. The first-order valence-electron chi connectivity index (χ1n) is 9.19. The fourth-order valence-electron chi connectivity index (χ4n) is 4.17. The first-order valence-corrected chi connectivity index (χ1v) is 9.19. The minimum absolute atomic E-state index is 0.0786. The average molecular weight is 381 g/mol. The summed E-state index contributed by atoms with van der Waals surface area (Å²) in [6.45, 7) is 5.44. The van der Waals surface area contributed by atoms with Crippen LogP contribution in [-0.4, -0.2) is 41.6 Å². The Bertz CT molecular complexity index is 745. The van der Waals surface area contributed by atoms with Crippen LogP contribution in [0.5, 0.6) is 5.75 Å². The number of Topliss-reactive ketones (excluding diaryl/α,β-unsaturated/α-hetero) is 1. The Labute approximate surface area is 157 Å². The highest BCUT2D eigenvalue weighted by atomic mass is 19.1. The van der Waals surface area contributed by atoms with Crippen LogP contribution >= 0.6 is 0 Å². The monoisotopic (exact) mass is 381 g/mol. The third-order valence-electron chi connectivity index (χ3n) is 5.19. The molecule has 2 bridgehead atoms. The summed E-state index contributed by atoms with van der Waals surface area (Å²) in [5.41, 5.74) is -0.666. The van der Waals surface area contributed by atoms with E-state index in [0.717, 1.165) is 18.9 Å². The lowest BCUT2D eigenvalue weighted by atomic mass is 9.84. The number of halogens is 2. The SMILES string of the molecule is COc1c(F)cc(F)cc1C(=O)C1CC2CCC(C1)N2C(=O)OC(C)(C)C. The third-order valence-corrected chi connectivity index (χ3v) is 5.19. The lowest BCUT2D eigenvalue weighted by molar-refractivity contribution is 0.00251. The van der Waals surface area contributed by atoms with Crippen molar-refractivity contribution in [2.45, 2.75) is 64.1 Å². The number of ketones is 1. The van der Waals surface area contributed by atoms with Gasteiger partial charge in [0, 0.05) is 24.1 Å². The van der Waals surface area contributed by atoms with E-state index in [9.17, 15) is 18.4 Å². The molecule has 0 aliphatic carbocycles. The highest BCUT2D eigenvalue weighted by Crippen LogP contribution is 2.41. The first kappa shape index (κ1) is 19.6. The van der Waals surface area contributed by atoms with Gasteiger partial charge in [0.25, 0.3) is 0 Å². The maximum Gasteiger partial charge on any atom is 0.410 e. The number of nitrogens with zero attached hydrogens (tertiary/aromatic N) is 1. The van der Waals surface area contributed by atoms with Gasteiger partial charge in [-0.15, -0.1) is 0 Å². The first-order chi connectivity index (χ1) is 12.6. The molecule has 2 atom stereocenters. The Morgan fingerprint density at radius 1 is 1.11 bits per heavy atom. The fraction of sp³-hybridized carbons (Fsp3) is 0.600. The zero-order valence-electron chi connectivity index (χ0n) is 16.1. The van der Waals surface area contributed by atoms with Crippen molar-refractivity contribution in [3.63, 3.8) is 0 Å². The quantitative estimate of drug-likeness (QED) is 0.731. The van der Waals surface area contributed by atoms with Crippen LogP contribution in [0.4, 0.5) is 13.6 Å². The van der Waals surface area contributed by atoms with Crippen LogP contribution < -0.4 is 4.74 Å². The molecule has 1 aromatic carbocycles. The molecule has 2 unspecified atom stereocenters. The second kappa shape index (κ2) is 7.09. The molecule has 27 heavy (non-hydrogen) atoms. The molecule has 0 spiro atoms. The Balaban J connectivity index is 1.79. The van der Waals surface area contributed by atoms with Gasteiger partial charge in [0.1, 0.15) is 11.4 Å². The van der Waals surface area contributed by atoms with Crippen molar-refractivity contribution in [2.75, 3.05) is 7.11 Å². The Hall–Kier alpha value is -2.18. The number of ether oxygens (including phenoxy) is 2. The van der Waals surface area contributed by atoms with Crippen molar-refractivity contribution < 1.29 is 27.8 Å². The number of fused-ring (bicyclic) bond motifs is 2. The van der Waals surface area contributed by atoms with Crippen molar-refractivity contribution in [3.05, 3.63) is 29.3 Å². The lowest BCUT2D eigenvalue weighted by Crippen LogP contribution is -2.49. The third kappa shape index (κ3) is 3.92. The number of methoxy groups -OCH3 is 1. The standard InChI is InChI=1S/C20H25F2NO4/c1-20(2,3)27-19(25)23-13-5-6-14(23)8-11(7-13)17(24)15-9-12(21)10-16(22)18(15)26-4/h9-11,13-14H,5-8H2,1-4H3. The van der Waals surface area contributed by atoms with E-state index in [4.69, 9.17) is 9.47 Å². The summed E-state index contributed by atoms with van der Waals surface area (Å²) < 4.78 is 38.1. The van der Waals surface area contributed by atoms with Crippen molar-refractivity contribution in [3.8, 4) is 5.75 Å². The number of amides is 1. The molecule has 2 fully saturated rings. The number of rotatable bonds is 3. The molecule has 2 saturated heterocycles. The summed E-state index contributed by atoms with van der Waals surface area (Å²) in [7, 11) is 1.25. The van der Waals surface area contributed by atoms with E-state index < -0.39 is 23.2 Å². The Kier molecular flexibility index (Phi) is 5.14. The van der Waals surface area contributed by atoms with Crippen LogP contribution in [0.1, 0.15) is 56.8 Å². The van der Waals surface area contributed by atoms with Crippen molar-refractivity contribution >= 4 is 11.9 Å². The molecular weight excluding hydrogens is 356 g/mol. The van der Waals surface area contributed by atoms with E-state index in [2.05, 4.69) is 0 Å². The number of benzene rings is 1. The summed E-state index contributed by atoms with van der Waals surface area (Å²) in [4.78, 5) is 27.2. The highest BCUT2D eigenvalue weighted by molar-refractivity contribution is 6.00. The van der Waals surface area contributed by atoms with Gasteiger partial charge in [-0.3, -0.25) is 4.79 Å². The van der Waals surface area contributed by atoms with E-state index >= 15 is 0 Å². The Morgan fingerprint density at radius 2 is 1.70 bits per heavy atom. The predicted octanol–water partition coefficient (Wildman–Crippen LogP) is 4.33. The van der Waals surface area contributed by atoms with Gasteiger partial charge in [0.15, 0.2) is 17.3 Å². The van der Waals surface area contributed by atoms with Crippen molar-refractivity contribution in [1.82, 2.24) is 4.90 Å². The molecule has 2 heterocycles. The molecule has 148 valence electrons. The number of carbonyl (C=O) groups excluding carboxylic acids is 2. The largest absolute Gasteiger partial charge is 0.493 e. The van der Waals surface area contributed by atoms with Gasteiger partial charge >= 0.3 is 6.09 Å². The molecule has 7 heteroatoms. The molecular formula is C20H25F2NO4. The number of hydrogen-bond donors (Lipinski definition) is 0. The van der Waals surface area contributed by atoms with Crippen LogP contribution in [0.25, 0.3) is 0 Å². The van der Waals surface area contributed by atoms with Gasteiger partial charge < -0.3 is 14.4 Å². The molecule has 1 amide bonds. The highest BCUT2D eigenvalue weighted by Gasteiger charge is 2.47. The minimum Gasteiger partial charge on any atom is -0.493 e. The molecule has 3 rings (SSSR count). The second-order valence-corrected chi connectivity index (χ2v) is 8.27. The van der Waals surface area contributed by atoms with E-state index in [1.165, 1.54) is 7.11 Å². The fourth-order valence-corrected chi connectivity index (χ4v) is 4.17. The van der Waals surface area contributed by atoms with Gasteiger partial charge in [0.2, 0.25) is 0 Å². The van der Waals surface area contributed by atoms with Crippen molar-refractivity contribution in [1.29, 1.82) is 0 Å². The van der Waals surface area contributed by atoms with E-state index in [0.29, 0.717) is 18.9 Å². The molecule has 0 N–H and O–H groups in total. The molecule has 5 nitrogen and oxygen atoms in total. The van der Waals surface area contributed by atoms with E-state index in [1.54, 1.807) is 4.90 Å². The smallest absolute Gasteiger partial charge is 0.410 e. The van der Waals surface area contributed by atoms with Gasteiger partial charge in [-0.1, -0.05) is 0 Å². The van der Waals surface area contributed by atoms with E-state index in [-0.39, 0.29) is 35.3 Å². The maximum absolute atomic E-state index is 13.9. The predicted molar refractivity (Wildman–Crippen MR) is 94.8 cm³/mol. The summed E-state index contributed by atoms with van der Waals surface area (Å²) in [6, 6.07) is 1.52.